The summed E-state index contributed by atoms with van der Waals surface area (Å²) in [7, 11) is 2.25. The Morgan fingerprint density at radius 2 is 1.56 bits per heavy atom. The molecule has 3 aromatic carbocycles. The average molecular weight is 429 g/mol. The number of carbonyl (C=O) groups excluding carboxylic acids is 1. The molecule has 0 saturated carbocycles. The van der Waals surface area contributed by atoms with Gasteiger partial charge in [0.1, 0.15) is 6.54 Å². The van der Waals surface area contributed by atoms with E-state index in [1.54, 1.807) is 0 Å². The molecule has 0 spiro atoms. The van der Waals surface area contributed by atoms with Crippen molar-refractivity contribution in [3.8, 4) is 11.1 Å². The van der Waals surface area contributed by atoms with E-state index >= 15 is 0 Å². The number of nitrogens with zero attached hydrogens (tertiary/aromatic N) is 1. The third-order valence-corrected chi connectivity index (χ3v) is 7.14. The summed E-state index contributed by atoms with van der Waals surface area (Å²) in [6.45, 7) is 2.86. The maximum absolute atomic E-state index is 13.5. The smallest absolute Gasteiger partial charge is 0.348 e. The summed E-state index contributed by atoms with van der Waals surface area (Å²) in [5.74, 6) is -0.559. The van der Waals surface area contributed by atoms with Gasteiger partial charge < -0.3 is 14.3 Å². The first-order chi connectivity index (χ1) is 15.5. The van der Waals surface area contributed by atoms with Crippen LogP contribution in [0.3, 0.4) is 0 Å². The number of esters is 1. The second-order valence-electron chi connectivity index (χ2n) is 9.46. The summed E-state index contributed by atoms with van der Waals surface area (Å²) in [6.07, 6.45) is 2.66. The van der Waals surface area contributed by atoms with E-state index in [1.807, 2.05) is 54.6 Å². The lowest BCUT2D eigenvalue weighted by molar-refractivity contribution is -0.916. The van der Waals surface area contributed by atoms with E-state index in [0.717, 1.165) is 54.5 Å². The number of likely N-dealkylation sites (tertiary alicyclic amines) is 1. The van der Waals surface area contributed by atoms with Gasteiger partial charge in [0.2, 0.25) is 5.60 Å². The van der Waals surface area contributed by atoms with E-state index < -0.39 is 11.6 Å². The van der Waals surface area contributed by atoms with E-state index in [-0.39, 0.29) is 6.10 Å². The van der Waals surface area contributed by atoms with Crippen LogP contribution in [-0.2, 0) is 21.6 Å². The highest BCUT2D eigenvalue weighted by Gasteiger charge is 2.50. The number of hydrogen-bond acceptors (Lipinski definition) is 3. The maximum Gasteiger partial charge on any atom is 0.348 e. The highest BCUT2D eigenvalue weighted by molar-refractivity contribution is 5.96. The van der Waals surface area contributed by atoms with Crippen LogP contribution in [0.25, 0.3) is 11.1 Å². The van der Waals surface area contributed by atoms with Crippen molar-refractivity contribution in [2.75, 3.05) is 26.7 Å². The van der Waals surface area contributed by atoms with E-state index in [1.165, 1.54) is 5.56 Å². The number of rotatable bonds is 5. The van der Waals surface area contributed by atoms with Gasteiger partial charge in [-0.1, -0.05) is 78.9 Å². The largest absolute Gasteiger partial charge is 0.454 e. The minimum absolute atomic E-state index is 0.194. The Balaban J connectivity index is 1.34. The molecule has 0 bridgehead atoms. The molecule has 1 saturated heterocycles. The van der Waals surface area contributed by atoms with Gasteiger partial charge in [-0.2, -0.15) is 0 Å². The Morgan fingerprint density at radius 1 is 0.969 bits per heavy atom. The first-order valence-corrected chi connectivity index (χ1v) is 11.5. The predicted octanol–water partition coefficient (Wildman–Crippen LogP) is 4.30. The van der Waals surface area contributed by atoms with Crippen LogP contribution in [0.1, 0.15) is 29.5 Å². The Kier molecular flexibility index (Phi) is 5.36. The zero-order chi connectivity index (χ0) is 22.2. The van der Waals surface area contributed by atoms with Crippen molar-refractivity contribution in [3.63, 3.8) is 0 Å². The molecule has 5 rings (SSSR count). The van der Waals surface area contributed by atoms with Crippen LogP contribution in [-0.4, -0.2) is 48.3 Å². The first-order valence-electron chi connectivity index (χ1n) is 11.5. The topological polar surface area (TPSA) is 46.5 Å². The van der Waals surface area contributed by atoms with Gasteiger partial charge in [0.25, 0.3) is 0 Å². The van der Waals surface area contributed by atoms with Crippen LogP contribution in [0.5, 0.6) is 0 Å². The first kappa shape index (κ1) is 20.9. The number of fused-ring (bicyclic) bond motifs is 3. The highest BCUT2D eigenvalue weighted by atomic mass is 16.6. The standard InChI is InChI=1S/C28H30NO3/c1-29(19-17-21-10-3-2-4-11-21)18-9-12-22(20-29)32-27(30)28(31)25-15-7-5-13-23(25)24-14-6-8-16-26(24)28/h2-8,10-11,13-16,22,31H,9,12,17-20H2,1H3/q+1/t22?,29-/m1/s1. The number of aliphatic hydroxyl groups is 1. The summed E-state index contributed by atoms with van der Waals surface area (Å²) in [5, 5.41) is 11.7. The quantitative estimate of drug-likeness (QED) is 0.487. The molecule has 3 aromatic rings. The molecule has 2 atom stereocenters. The van der Waals surface area contributed by atoms with Crippen molar-refractivity contribution < 1.29 is 19.1 Å². The van der Waals surface area contributed by atoms with Crippen molar-refractivity contribution in [1.82, 2.24) is 0 Å². The van der Waals surface area contributed by atoms with Crippen molar-refractivity contribution in [2.24, 2.45) is 0 Å². The summed E-state index contributed by atoms with van der Waals surface area (Å²) in [6, 6.07) is 25.7. The fourth-order valence-electron chi connectivity index (χ4n) is 5.39. The Bertz CT molecular complexity index is 1080. The van der Waals surface area contributed by atoms with Gasteiger partial charge >= 0.3 is 5.97 Å². The number of quaternary nitrogens is 1. The lowest BCUT2D eigenvalue weighted by Crippen LogP contribution is -2.55. The number of likely N-dealkylation sites (N-methyl/N-ethyl adjacent to an activating group) is 1. The Morgan fingerprint density at radius 3 is 2.22 bits per heavy atom. The molecule has 164 valence electrons. The van der Waals surface area contributed by atoms with Gasteiger partial charge in [0.15, 0.2) is 6.10 Å². The minimum Gasteiger partial charge on any atom is -0.454 e. The number of benzene rings is 3. The van der Waals surface area contributed by atoms with Crippen LogP contribution in [0.2, 0.25) is 0 Å². The van der Waals surface area contributed by atoms with E-state index in [4.69, 9.17) is 4.74 Å². The van der Waals surface area contributed by atoms with E-state index in [9.17, 15) is 9.90 Å². The molecule has 0 amide bonds. The minimum atomic E-state index is -1.75. The summed E-state index contributed by atoms with van der Waals surface area (Å²) >= 11 is 0. The summed E-state index contributed by atoms with van der Waals surface area (Å²) in [5.41, 5.74) is 2.61. The second kappa shape index (κ2) is 8.19. The van der Waals surface area contributed by atoms with Crippen molar-refractivity contribution >= 4 is 5.97 Å². The van der Waals surface area contributed by atoms with Crippen molar-refractivity contribution in [3.05, 3.63) is 95.6 Å². The molecule has 1 N–H and O–H groups in total. The van der Waals surface area contributed by atoms with Crippen molar-refractivity contribution in [1.29, 1.82) is 0 Å². The van der Waals surface area contributed by atoms with Crippen LogP contribution >= 0.6 is 0 Å². The molecule has 1 unspecified atom stereocenters. The second-order valence-corrected chi connectivity index (χ2v) is 9.46. The zero-order valence-corrected chi connectivity index (χ0v) is 18.5. The molecule has 4 heteroatoms. The predicted molar refractivity (Wildman–Crippen MR) is 125 cm³/mol. The van der Waals surface area contributed by atoms with Crippen LogP contribution in [0.4, 0.5) is 0 Å². The number of hydrogen-bond donors (Lipinski definition) is 1. The number of piperidine rings is 1. The Labute approximate surface area is 189 Å². The average Bonchev–Trinajstić information content (AvgIpc) is 3.09. The normalized spacial score (nSPS) is 23.2. The molecular weight excluding hydrogens is 398 g/mol. The molecule has 1 fully saturated rings. The number of ether oxygens (including phenoxy) is 1. The van der Waals surface area contributed by atoms with E-state index in [0.29, 0.717) is 11.1 Å². The summed E-state index contributed by atoms with van der Waals surface area (Å²) in [4.78, 5) is 13.5. The van der Waals surface area contributed by atoms with E-state index in [2.05, 4.69) is 31.3 Å². The highest BCUT2D eigenvalue weighted by Crippen LogP contribution is 2.48. The monoisotopic (exact) mass is 428 g/mol. The fourth-order valence-corrected chi connectivity index (χ4v) is 5.39. The molecule has 1 heterocycles. The van der Waals surface area contributed by atoms with Gasteiger partial charge in [-0.3, -0.25) is 0 Å². The molecule has 1 aliphatic carbocycles. The zero-order valence-electron chi connectivity index (χ0n) is 18.5. The van der Waals surface area contributed by atoms with Crippen molar-refractivity contribution in [2.45, 2.75) is 31.0 Å². The Hall–Kier alpha value is -2.95. The van der Waals surface area contributed by atoms with Crippen LogP contribution in [0, 0.1) is 0 Å². The molecule has 0 aromatic heterocycles. The molecule has 4 nitrogen and oxygen atoms in total. The SMILES string of the molecule is C[N@+]1(CCc2ccccc2)CCCC(OC(=O)C2(O)c3ccccc3-c3ccccc32)C1. The number of carbonyl (C=O) groups is 1. The fraction of sp³-hybridized carbons (Fsp3) is 0.321. The molecule has 1 aliphatic heterocycles. The lowest BCUT2D eigenvalue weighted by Gasteiger charge is -2.41. The molecule has 0 radical (unpaired) electrons. The van der Waals surface area contributed by atoms with Crippen LogP contribution in [0.15, 0.2) is 78.9 Å². The third-order valence-electron chi connectivity index (χ3n) is 7.14. The van der Waals surface area contributed by atoms with Gasteiger partial charge in [-0.25, -0.2) is 4.79 Å². The third kappa shape index (κ3) is 3.64. The molecular formula is C28H30NO3+. The van der Waals surface area contributed by atoms with Gasteiger partial charge in [0, 0.05) is 24.0 Å². The van der Waals surface area contributed by atoms with Gasteiger partial charge in [0.05, 0.1) is 20.1 Å². The molecule has 2 aliphatic rings. The lowest BCUT2D eigenvalue weighted by atomic mass is 9.91. The maximum atomic E-state index is 13.5. The van der Waals surface area contributed by atoms with Gasteiger partial charge in [-0.05, 0) is 23.1 Å². The summed E-state index contributed by atoms with van der Waals surface area (Å²) < 4.78 is 6.91. The molecule has 32 heavy (non-hydrogen) atoms. The van der Waals surface area contributed by atoms with Gasteiger partial charge in [-0.15, -0.1) is 0 Å². The van der Waals surface area contributed by atoms with Crippen LogP contribution < -0.4 is 0 Å².